The van der Waals surface area contributed by atoms with E-state index in [1.807, 2.05) is 6.07 Å². The summed E-state index contributed by atoms with van der Waals surface area (Å²) >= 11 is 0. The number of nitrogen functional groups attached to an aromatic ring is 1. The van der Waals surface area contributed by atoms with Gasteiger partial charge in [0.2, 0.25) is 0 Å². The molecular weight excluding hydrogens is 234 g/mol. The average Bonchev–Trinajstić information content (AvgIpc) is 2.37. The summed E-state index contributed by atoms with van der Waals surface area (Å²) in [6, 6.07) is 6.35. The maximum atomic E-state index is 12.0. The van der Waals surface area contributed by atoms with E-state index in [1.54, 1.807) is 6.92 Å². The highest BCUT2D eigenvalue weighted by Crippen LogP contribution is 2.52. The monoisotopic (exact) mass is 257 g/mol. The van der Waals surface area contributed by atoms with E-state index < -0.39 is 0 Å². The van der Waals surface area contributed by atoms with E-state index in [4.69, 9.17) is 5.73 Å². The molecule has 0 aliphatic heterocycles. The van der Waals surface area contributed by atoms with Crippen LogP contribution in [0.2, 0.25) is 0 Å². The summed E-state index contributed by atoms with van der Waals surface area (Å²) in [6.45, 7) is 4.12. The van der Waals surface area contributed by atoms with Crippen LogP contribution in [0.5, 0.6) is 0 Å². The molecule has 0 heterocycles. The Balaban J connectivity index is 2.08. The molecule has 0 aromatic heterocycles. The molecule has 3 rings (SSSR count). The van der Waals surface area contributed by atoms with E-state index in [0.29, 0.717) is 11.7 Å². The van der Waals surface area contributed by atoms with Crippen molar-refractivity contribution in [2.45, 2.75) is 51.4 Å². The molecule has 19 heavy (non-hydrogen) atoms. The predicted octanol–water partition coefficient (Wildman–Crippen LogP) is 3.48. The van der Waals surface area contributed by atoms with Crippen LogP contribution in [0.4, 0.5) is 5.69 Å². The Morgan fingerprint density at radius 2 is 2.16 bits per heavy atom. The molecule has 2 nitrogen and oxygen atoms in total. The molecule has 2 aliphatic carbocycles. The minimum absolute atomic E-state index is 0.150. The minimum atomic E-state index is 0.150. The van der Waals surface area contributed by atoms with Crippen molar-refractivity contribution in [3.05, 3.63) is 29.3 Å². The van der Waals surface area contributed by atoms with Gasteiger partial charge in [0.25, 0.3) is 0 Å². The SMILES string of the molecule is CC(=O)C1CCCC2(C)c3cc(N)ccc3CCC12. The number of carbonyl (C=O) groups is 1. The van der Waals surface area contributed by atoms with Crippen molar-refractivity contribution in [1.29, 1.82) is 0 Å². The molecule has 1 aromatic rings. The van der Waals surface area contributed by atoms with Crippen LogP contribution in [0.15, 0.2) is 18.2 Å². The Morgan fingerprint density at radius 1 is 1.37 bits per heavy atom. The summed E-state index contributed by atoms with van der Waals surface area (Å²) in [6.07, 6.45) is 5.67. The lowest BCUT2D eigenvalue weighted by Gasteiger charge is -2.49. The van der Waals surface area contributed by atoms with Crippen LogP contribution in [-0.4, -0.2) is 5.78 Å². The van der Waals surface area contributed by atoms with Crippen LogP contribution in [0.1, 0.15) is 50.7 Å². The third-order valence-corrected chi connectivity index (χ3v) is 5.51. The number of hydrogen-bond donors (Lipinski definition) is 1. The van der Waals surface area contributed by atoms with Gasteiger partial charge in [-0.2, -0.15) is 0 Å². The van der Waals surface area contributed by atoms with Crippen LogP contribution in [0, 0.1) is 11.8 Å². The molecule has 0 saturated heterocycles. The number of Topliss-reactive ketones (excluding diaryl/α,β-unsaturated/α-hetero) is 1. The van der Waals surface area contributed by atoms with Crippen molar-refractivity contribution >= 4 is 11.5 Å². The molecule has 0 spiro atoms. The first-order chi connectivity index (χ1) is 9.02. The summed E-state index contributed by atoms with van der Waals surface area (Å²) in [5.41, 5.74) is 9.85. The van der Waals surface area contributed by atoms with E-state index in [1.165, 1.54) is 17.5 Å². The summed E-state index contributed by atoms with van der Waals surface area (Å²) in [5.74, 6) is 1.14. The Bertz CT molecular complexity index is 522. The Morgan fingerprint density at radius 3 is 2.89 bits per heavy atom. The highest BCUT2D eigenvalue weighted by Gasteiger charge is 2.47. The van der Waals surface area contributed by atoms with Crippen LogP contribution in [0.25, 0.3) is 0 Å². The van der Waals surface area contributed by atoms with E-state index in [0.717, 1.165) is 31.4 Å². The number of carbonyl (C=O) groups excluding carboxylic acids is 1. The molecule has 3 unspecified atom stereocenters. The van der Waals surface area contributed by atoms with Crippen LogP contribution in [-0.2, 0) is 16.6 Å². The zero-order valence-corrected chi connectivity index (χ0v) is 11.9. The standard InChI is InChI=1S/C17H23NO/c1-11(19)14-4-3-9-17(2)15(14)8-6-12-5-7-13(18)10-16(12)17/h5,7,10,14-15H,3-4,6,8-9,18H2,1-2H3. The lowest BCUT2D eigenvalue weighted by Crippen LogP contribution is -2.46. The fraction of sp³-hybridized carbons (Fsp3) is 0.588. The number of rotatable bonds is 1. The molecule has 0 bridgehead atoms. The molecule has 2 aliphatic rings. The number of hydrogen-bond acceptors (Lipinski definition) is 2. The zero-order valence-electron chi connectivity index (χ0n) is 11.9. The molecule has 0 amide bonds. The van der Waals surface area contributed by atoms with Gasteiger partial charge in [0, 0.05) is 11.6 Å². The second-order valence-corrected chi connectivity index (χ2v) is 6.59. The van der Waals surface area contributed by atoms with Crippen molar-refractivity contribution in [3.63, 3.8) is 0 Å². The molecule has 2 heteroatoms. The van der Waals surface area contributed by atoms with Crippen LogP contribution in [0.3, 0.4) is 0 Å². The van der Waals surface area contributed by atoms with Gasteiger partial charge in [-0.3, -0.25) is 4.79 Å². The van der Waals surface area contributed by atoms with E-state index in [9.17, 15) is 4.79 Å². The predicted molar refractivity (Wildman–Crippen MR) is 78.0 cm³/mol. The summed E-state index contributed by atoms with van der Waals surface area (Å²) in [4.78, 5) is 12.0. The van der Waals surface area contributed by atoms with Gasteiger partial charge in [-0.1, -0.05) is 19.4 Å². The molecule has 0 radical (unpaired) electrons. The van der Waals surface area contributed by atoms with Gasteiger partial charge in [-0.25, -0.2) is 0 Å². The number of fused-ring (bicyclic) bond motifs is 3. The van der Waals surface area contributed by atoms with Gasteiger partial charge in [-0.15, -0.1) is 0 Å². The third kappa shape index (κ3) is 1.89. The summed E-state index contributed by atoms with van der Waals surface area (Å²) < 4.78 is 0. The molecule has 102 valence electrons. The van der Waals surface area contributed by atoms with Gasteiger partial charge in [0.1, 0.15) is 5.78 Å². The van der Waals surface area contributed by atoms with Gasteiger partial charge in [0.05, 0.1) is 0 Å². The molecule has 1 saturated carbocycles. The molecular formula is C17H23NO. The minimum Gasteiger partial charge on any atom is -0.399 e. The summed E-state index contributed by atoms with van der Waals surface area (Å²) in [7, 11) is 0. The van der Waals surface area contributed by atoms with Crippen molar-refractivity contribution in [2.75, 3.05) is 5.73 Å². The zero-order chi connectivity index (χ0) is 13.6. The van der Waals surface area contributed by atoms with Crippen molar-refractivity contribution in [2.24, 2.45) is 11.8 Å². The van der Waals surface area contributed by atoms with Gasteiger partial charge >= 0.3 is 0 Å². The Labute approximate surface area is 115 Å². The lowest BCUT2D eigenvalue weighted by atomic mass is 9.54. The molecule has 2 N–H and O–H groups in total. The lowest BCUT2D eigenvalue weighted by molar-refractivity contribution is -0.125. The molecule has 1 aromatic carbocycles. The quantitative estimate of drug-likeness (QED) is 0.783. The highest BCUT2D eigenvalue weighted by molar-refractivity contribution is 5.79. The van der Waals surface area contributed by atoms with Crippen molar-refractivity contribution < 1.29 is 4.79 Å². The van der Waals surface area contributed by atoms with Crippen molar-refractivity contribution in [3.8, 4) is 0 Å². The second-order valence-electron chi connectivity index (χ2n) is 6.59. The topological polar surface area (TPSA) is 43.1 Å². The number of ketones is 1. The first-order valence-electron chi connectivity index (χ1n) is 7.42. The van der Waals surface area contributed by atoms with Crippen molar-refractivity contribution in [1.82, 2.24) is 0 Å². The van der Waals surface area contributed by atoms with E-state index >= 15 is 0 Å². The van der Waals surface area contributed by atoms with Crippen LogP contribution >= 0.6 is 0 Å². The Kier molecular flexibility index (Phi) is 2.92. The maximum absolute atomic E-state index is 12.0. The molecule has 3 atom stereocenters. The first kappa shape index (κ1) is 12.7. The normalized spacial score (nSPS) is 33.4. The smallest absolute Gasteiger partial charge is 0.133 e. The second kappa shape index (κ2) is 4.36. The highest BCUT2D eigenvalue weighted by atomic mass is 16.1. The largest absolute Gasteiger partial charge is 0.399 e. The maximum Gasteiger partial charge on any atom is 0.133 e. The number of benzene rings is 1. The van der Waals surface area contributed by atoms with Gasteiger partial charge < -0.3 is 5.73 Å². The molecule has 1 fully saturated rings. The third-order valence-electron chi connectivity index (χ3n) is 5.51. The Hall–Kier alpha value is -1.31. The van der Waals surface area contributed by atoms with E-state index in [-0.39, 0.29) is 11.3 Å². The number of anilines is 1. The fourth-order valence-corrected chi connectivity index (χ4v) is 4.52. The number of aryl methyl sites for hydroxylation is 1. The number of nitrogens with two attached hydrogens (primary N) is 1. The van der Waals surface area contributed by atoms with Crippen LogP contribution < -0.4 is 5.73 Å². The fourth-order valence-electron chi connectivity index (χ4n) is 4.52. The van der Waals surface area contributed by atoms with E-state index in [2.05, 4.69) is 19.1 Å². The summed E-state index contributed by atoms with van der Waals surface area (Å²) in [5, 5.41) is 0. The van der Waals surface area contributed by atoms with Gasteiger partial charge in [-0.05, 0) is 67.2 Å². The first-order valence-corrected chi connectivity index (χ1v) is 7.42. The van der Waals surface area contributed by atoms with Gasteiger partial charge in [0.15, 0.2) is 0 Å². The average molecular weight is 257 g/mol.